The van der Waals surface area contributed by atoms with Gasteiger partial charge in [0.15, 0.2) is 0 Å². The molecule has 4 nitrogen and oxygen atoms in total. The van der Waals surface area contributed by atoms with Crippen LogP contribution in [0.4, 0.5) is 0 Å². The van der Waals surface area contributed by atoms with E-state index in [9.17, 15) is 5.11 Å². The van der Waals surface area contributed by atoms with Gasteiger partial charge in [0.05, 0.1) is 12.7 Å². The summed E-state index contributed by atoms with van der Waals surface area (Å²) in [5.74, 6) is 0.989. The number of nitrogens with zero attached hydrogens (tertiary/aromatic N) is 1. The maximum absolute atomic E-state index is 9.52. The van der Waals surface area contributed by atoms with Crippen molar-refractivity contribution in [1.82, 2.24) is 4.98 Å². The Bertz CT molecular complexity index is 302. The minimum atomic E-state index is -0.644. The first-order chi connectivity index (χ1) is 7.13. The number of aliphatic hydroxyl groups excluding tert-OH is 1. The number of aliphatic hydroxyl groups is 1. The second kappa shape index (κ2) is 5.68. The molecule has 0 aromatic carbocycles. The average Bonchev–Trinajstić information content (AvgIpc) is 2.25. The molecule has 0 bridgehead atoms. The molecule has 0 radical (unpaired) electrons. The van der Waals surface area contributed by atoms with E-state index in [0.717, 1.165) is 5.56 Å². The molecule has 0 aliphatic heterocycles. The highest BCUT2D eigenvalue weighted by Gasteiger charge is 2.06. The SMILES string of the molecule is CC(C)COc1cc(C(O)CN)ccn1. The van der Waals surface area contributed by atoms with Crippen LogP contribution in [0.15, 0.2) is 18.3 Å². The molecule has 1 aromatic heterocycles. The molecule has 84 valence electrons. The normalized spacial score (nSPS) is 12.9. The zero-order chi connectivity index (χ0) is 11.3. The molecule has 0 fully saturated rings. The Labute approximate surface area is 90.1 Å². The molecule has 1 rings (SSSR count). The van der Waals surface area contributed by atoms with E-state index >= 15 is 0 Å². The number of hydrogen-bond acceptors (Lipinski definition) is 4. The third-order valence-corrected chi connectivity index (χ3v) is 1.93. The van der Waals surface area contributed by atoms with Crippen molar-refractivity contribution in [3.8, 4) is 5.88 Å². The van der Waals surface area contributed by atoms with Crippen molar-refractivity contribution < 1.29 is 9.84 Å². The van der Waals surface area contributed by atoms with Crippen LogP contribution in [0.1, 0.15) is 25.5 Å². The summed E-state index contributed by atoms with van der Waals surface area (Å²) in [6.07, 6.45) is 0.971. The van der Waals surface area contributed by atoms with Gasteiger partial charge in [0.1, 0.15) is 0 Å². The maximum atomic E-state index is 9.52. The van der Waals surface area contributed by atoms with Crippen molar-refractivity contribution in [1.29, 1.82) is 0 Å². The van der Waals surface area contributed by atoms with E-state index in [0.29, 0.717) is 18.4 Å². The van der Waals surface area contributed by atoms with Crippen molar-refractivity contribution in [2.45, 2.75) is 20.0 Å². The number of nitrogens with two attached hydrogens (primary N) is 1. The second-order valence-corrected chi connectivity index (χ2v) is 3.88. The lowest BCUT2D eigenvalue weighted by Gasteiger charge is -2.11. The van der Waals surface area contributed by atoms with Crippen molar-refractivity contribution >= 4 is 0 Å². The molecule has 0 saturated carbocycles. The Morgan fingerprint density at radius 2 is 2.27 bits per heavy atom. The van der Waals surface area contributed by atoms with Crippen LogP contribution in [0.25, 0.3) is 0 Å². The number of aromatic nitrogens is 1. The van der Waals surface area contributed by atoms with Gasteiger partial charge in [-0.2, -0.15) is 0 Å². The topological polar surface area (TPSA) is 68.4 Å². The summed E-state index contributed by atoms with van der Waals surface area (Å²) in [5, 5.41) is 9.52. The Balaban J connectivity index is 2.65. The Morgan fingerprint density at radius 3 is 2.87 bits per heavy atom. The number of hydrogen-bond donors (Lipinski definition) is 2. The first-order valence-corrected chi connectivity index (χ1v) is 5.10. The average molecular weight is 210 g/mol. The van der Waals surface area contributed by atoms with E-state index in [1.807, 2.05) is 0 Å². The quantitative estimate of drug-likeness (QED) is 0.764. The van der Waals surface area contributed by atoms with E-state index in [2.05, 4.69) is 18.8 Å². The molecule has 1 aromatic rings. The molecule has 1 unspecified atom stereocenters. The molecule has 0 aliphatic carbocycles. The van der Waals surface area contributed by atoms with Crippen molar-refractivity contribution in [3.63, 3.8) is 0 Å². The molecule has 0 spiro atoms. The molecule has 1 heterocycles. The fourth-order valence-corrected chi connectivity index (χ4v) is 1.10. The van der Waals surface area contributed by atoms with Crippen LogP contribution < -0.4 is 10.5 Å². The van der Waals surface area contributed by atoms with Gasteiger partial charge in [-0.1, -0.05) is 13.8 Å². The molecule has 0 saturated heterocycles. The van der Waals surface area contributed by atoms with Gasteiger partial charge in [-0.25, -0.2) is 4.98 Å². The smallest absolute Gasteiger partial charge is 0.213 e. The van der Waals surface area contributed by atoms with Gasteiger partial charge in [0.25, 0.3) is 0 Å². The monoisotopic (exact) mass is 210 g/mol. The van der Waals surface area contributed by atoms with E-state index < -0.39 is 6.10 Å². The van der Waals surface area contributed by atoms with Crippen LogP contribution in [0.3, 0.4) is 0 Å². The summed E-state index contributed by atoms with van der Waals surface area (Å²) in [5.41, 5.74) is 6.11. The summed E-state index contributed by atoms with van der Waals surface area (Å²) in [6, 6.07) is 3.46. The maximum Gasteiger partial charge on any atom is 0.213 e. The third kappa shape index (κ3) is 3.85. The molecule has 4 heteroatoms. The lowest BCUT2D eigenvalue weighted by atomic mass is 10.1. The predicted molar refractivity (Wildman–Crippen MR) is 58.6 cm³/mol. The first-order valence-electron chi connectivity index (χ1n) is 5.10. The highest BCUT2D eigenvalue weighted by Crippen LogP contribution is 2.16. The molecular formula is C11H18N2O2. The largest absolute Gasteiger partial charge is 0.477 e. The van der Waals surface area contributed by atoms with Gasteiger partial charge in [-0.3, -0.25) is 0 Å². The van der Waals surface area contributed by atoms with Crippen LogP contribution in [0, 0.1) is 5.92 Å². The number of ether oxygens (including phenoxy) is 1. The number of rotatable bonds is 5. The van der Waals surface area contributed by atoms with Gasteiger partial charge in [0, 0.05) is 18.8 Å². The Hall–Kier alpha value is -1.13. The zero-order valence-electron chi connectivity index (χ0n) is 9.18. The molecule has 0 amide bonds. The molecule has 0 aliphatic rings. The molecule has 15 heavy (non-hydrogen) atoms. The second-order valence-electron chi connectivity index (χ2n) is 3.88. The zero-order valence-corrected chi connectivity index (χ0v) is 9.18. The minimum Gasteiger partial charge on any atom is -0.477 e. The van der Waals surface area contributed by atoms with Crippen LogP contribution in [0.5, 0.6) is 5.88 Å². The third-order valence-electron chi connectivity index (χ3n) is 1.93. The molecule has 3 N–H and O–H groups in total. The highest BCUT2D eigenvalue weighted by atomic mass is 16.5. The fourth-order valence-electron chi connectivity index (χ4n) is 1.10. The van der Waals surface area contributed by atoms with Crippen molar-refractivity contribution in [2.75, 3.05) is 13.2 Å². The van der Waals surface area contributed by atoms with Gasteiger partial charge < -0.3 is 15.6 Å². The highest BCUT2D eigenvalue weighted by molar-refractivity contribution is 5.22. The van der Waals surface area contributed by atoms with E-state index in [4.69, 9.17) is 10.5 Å². The molecule has 1 atom stereocenters. The summed E-state index contributed by atoms with van der Waals surface area (Å²) < 4.78 is 5.44. The van der Waals surface area contributed by atoms with E-state index in [1.165, 1.54) is 0 Å². The van der Waals surface area contributed by atoms with Crippen molar-refractivity contribution in [3.05, 3.63) is 23.9 Å². The van der Waals surface area contributed by atoms with Crippen molar-refractivity contribution in [2.24, 2.45) is 11.7 Å². The summed E-state index contributed by atoms with van der Waals surface area (Å²) in [6.45, 7) is 4.96. The van der Waals surface area contributed by atoms with Crippen LogP contribution >= 0.6 is 0 Å². The Morgan fingerprint density at radius 1 is 1.53 bits per heavy atom. The summed E-state index contributed by atoms with van der Waals surface area (Å²) in [7, 11) is 0. The van der Waals surface area contributed by atoms with Crippen LogP contribution in [-0.4, -0.2) is 23.2 Å². The van der Waals surface area contributed by atoms with Crippen LogP contribution in [0.2, 0.25) is 0 Å². The van der Waals surface area contributed by atoms with Crippen LogP contribution in [-0.2, 0) is 0 Å². The number of pyridine rings is 1. The molecular weight excluding hydrogens is 192 g/mol. The van der Waals surface area contributed by atoms with Gasteiger partial charge in [0.2, 0.25) is 5.88 Å². The lowest BCUT2D eigenvalue weighted by Crippen LogP contribution is -2.12. The van der Waals surface area contributed by atoms with E-state index in [-0.39, 0.29) is 6.54 Å². The summed E-state index contributed by atoms with van der Waals surface area (Å²) >= 11 is 0. The van der Waals surface area contributed by atoms with Gasteiger partial charge >= 0.3 is 0 Å². The summed E-state index contributed by atoms with van der Waals surface area (Å²) in [4.78, 5) is 4.05. The lowest BCUT2D eigenvalue weighted by molar-refractivity contribution is 0.185. The van der Waals surface area contributed by atoms with Gasteiger partial charge in [-0.05, 0) is 17.5 Å². The van der Waals surface area contributed by atoms with E-state index in [1.54, 1.807) is 18.3 Å². The first kappa shape index (κ1) is 11.9. The standard InChI is InChI=1S/C11H18N2O2/c1-8(2)7-15-11-5-9(3-4-13-11)10(14)6-12/h3-5,8,10,14H,6-7,12H2,1-2H3. The Kier molecular flexibility index (Phi) is 4.52. The van der Waals surface area contributed by atoms with Gasteiger partial charge in [-0.15, -0.1) is 0 Å². The fraction of sp³-hybridized carbons (Fsp3) is 0.545. The minimum absolute atomic E-state index is 0.202. The predicted octanol–water partition coefficient (Wildman–Crippen LogP) is 1.11.